The molecule has 0 heterocycles. The summed E-state index contributed by atoms with van der Waals surface area (Å²) in [5.74, 6) is -1.50. The van der Waals surface area contributed by atoms with Gasteiger partial charge in [-0.15, -0.1) is 0 Å². The quantitative estimate of drug-likeness (QED) is 0.874. The third-order valence-corrected chi connectivity index (χ3v) is 2.35. The first kappa shape index (κ1) is 15.8. The van der Waals surface area contributed by atoms with Crippen molar-refractivity contribution in [3.05, 3.63) is 29.3 Å². The zero-order valence-electron chi connectivity index (χ0n) is 10.5. The molecule has 0 aliphatic heterocycles. The minimum absolute atomic E-state index is 0.291. The van der Waals surface area contributed by atoms with Gasteiger partial charge in [-0.2, -0.15) is 18.4 Å². The number of benzene rings is 1. The number of nitrogens with zero attached hydrogens (tertiary/aromatic N) is 1. The van der Waals surface area contributed by atoms with Crippen molar-refractivity contribution in [1.82, 2.24) is 0 Å². The van der Waals surface area contributed by atoms with E-state index < -0.39 is 35.5 Å². The van der Waals surface area contributed by atoms with Gasteiger partial charge in [0.2, 0.25) is 5.91 Å². The molecule has 1 unspecified atom stereocenters. The highest BCUT2D eigenvalue weighted by atomic mass is 19.4. The van der Waals surface area contributed by atoms with E-state index in [0.717, 1.165) is 12.1 Å². The van der Waals surface area contributed by atoms with E-state index in [4.69, 9.17) is 21.5 Å². The van der Waals surface area contributed by atoms with Gasteiger partial charge in [-0.3, -0.25) is 4.79 Å². The predicted octanol–water partition coefficient (Wildman–Crippen LogP) is 1.42. The molecule has 0 saturated carbocycles. The van der Waals surface area contributed by atoms with Crippen LogP contribution in [0, 0.1) is 11.3 Å². The molecule has 0 saturated heterocycles. The van der Waals surface area contributed by atoms with E-state index in [9.17, 15) is 18.0 Å². The van der Waals surface area contributed by atoms with Crippen molar-refractivity contribution < 1.29 is 22.7 Å². The lowest BCUT2D eigenvalue weighted by atomic mass is 10.1. The molecule has 8 heteroatoms. The van der Waals surface area contributed by atoms with Crippen molar-refractivity contribution in [2.24, 2.45) is 11.5 Å². The van der Waals surface area contributed by atoms with Gasteiger partial charge in [0.1, 0.15) is 17.9 Å². The molecule has 0 bridgehead atoms. The Morgan fingerprint density at radius 2 is 2.05 bits per heavy atom. The average molecular weight is 287 g/mol. The largest absolute Gasteiger partial charge is 0.490 e. The Balaban J connectivity index is 3.14. The first-order valence-electron chi connectivity index (χ1n) is 5.41. The Labute approximate surface area is 112 Å². The molecular formula is C12H12F3N3O2. The third kappa shape index (κ3) is 3.86. The number of carbonyl (C=O) groups is 1. The van der Waals surface area contributed by atoms with Crippen molar-refractivity contribution in [3.63, 3.8) is 0 Å². The molecule has 20 heavy (non-hydrogen) atoms. The van der Waals surface area contributed by atoms with Gasteiger partial charge >= 0.3 is 6.18 Å². The summed E-state index contributed by atoms with van der Waals surface area (Å²) in [7, 11) is 0. The molecule has 0 aliphatic rings. The summed E-state index contributed by atoms with van der Waals surface area (Å²) in [4.78, 5) is 10.9. The van der Waals surface area contributed by atoms with Crippen LogP contribution in [0.15, 0.2) is 18.2 Å². The van der Waals surface area contributed by atoms with Crippen molar-refractivity contribution in [2.45, 2.75) is 18.6 Å². The van der Waals surface area contributed by atoms with Crippen molar-refractivity contribution >= 4 is 5.91 Å². The Hall–Kier alpha value is -2.27. The molecule has 1 aromatic rings. The molecule has 0 spiro atoms. The van der Waals surface area contributed by atoms with Gasteiger partial charge < -0.3 is 16.2 Å². The van der Waals surface area contributed by atoms with Crippen LogP contribution >= 0.6 is 0 Å². The van der Waals surface area contributed by atoms with Gasteiger partial charge in [0.15, 0.2) is 0 Å². The fraction of sp³-hybridized carbons (Fsp3) is 0.333. The maximum absolute atomic E-state index is 12.9. The average Bonchev–Trinajstić information content (AvgIpc) is 2.35. The number of hydrogen-bond donors (Lipinski definition) is 2. The van der Waals surface area contributed by atoms with Crippen LogP contribution in [0.25, 0.3) is 0 Å². The summed E-state index contributed by atoms with van der Waals surface area (Å²) in [6.45, 7) is 0.889. The summed E-state index contributed by atoms with van der Waals surface area (Å²) < 4.78 is 43.5. The number of primary amides is 1. The fourth-order valence-electron chi connectivity index (χ4n) is 1.29. The smallest absolute Gasteiger partial charge is 0.419 e. The van der Waals surface area contributed by atoms with Crippen LogP contribution in [-0.4, -0.2) is 18.1 Å². The molecule has 0 aliphatic carbocycles. The summed E-state index contributed by atoms with van der Waals surface area (Å²) >= 11 is 0. The van der Waals surface area contributed by atoms with Gasteiger partial charge in [-0.25, -0.2) is 0 Å². The number of amides is 1. The summed E-state index contributed by atoms with van der Waals surface area (Å²) in [6, 6.07) is 4.36. The van der Waals surface area contributed by atoms with Crippen LogP contribution in [0.3, 0.4) is 0 Å². The molecule has 108 valence electrons. The highest BCUT2D eigenvalue weighted by Gasteiger charge is 2.35. The van der Waals surface area contributed by atoms with E-state index >= 15 is 0 Å². The summed E-state index contributed by atoms with van der Waals surface area (Å²) in [5.41, 5.74) is 7.52. The lowest BCUT2D eigenvalue weighted by Gasteiger charge is -2.19. The number of rotatable bonds is 4. The van der Waals surface area contributed by atoms with Gasteiger partial charge in [-0.05, 0) is 25.1 Å². The summed E-state index contributed by atoms with van der Waals surface area (Å²) in [5, 5.41) is 8.68. The fourth-order valence-corrected chi connectivity index (χ4v) is 1.29. The maximum Gasteiger partial charge on any atom is 0.419 e. The first-order valence-corrected chi connectivity index (χ1v) is 5.41. The minimum atomic E-state index is -4.72. The Kier molecular flexibility index (Phi) is 4.25. The van der Waals surface area contributed by atoms with Gasteiger partial charge in [0.25, 0.3) is 0 Å². The number of hydrogen-bond acceptors (Lipinski definition) is 4. The van der Waals surface area contributed by atoms with Gasteiger partial charge in [0, 0.05) is 5.56 Å². The van der Waals surface area contributed by atoms with Crippen LogP contribution in [0.4, 0.5) is 13.2 Å². The van der Waals surface area contributed by atoms with Crippen molar-refractivity contribution in [2.75, 3.05) is 6.61 Å². The van der Waals surface area contributed by atoms with E-state index in [1.807, 2.05) is 0 Å². The zero-order valence-corrected chi connectivity index (χ0v) is 10.5. The number of nitrogens with two attached hydrogens (primary N) is 2. The van der Waals surface area contributed by atoms with E-state index in [1.54, 1.807) is 6.07 Å². The van der Waals surface area contributed by atoms with Crippen LogP contribution in [0.2, 0.25) is 0 Å². The molecule has 0 aromatic heterocycles. The SMILES string of the molecule is CC(N)(C#N)COc1ccc(C(N)=O)cc1C(F)(F)F. The molecule has 1 rings (SSSR count). The second kappa shape index (κ2) is 5.38. The lowest BCUT2D eigenvalue weighted by molar-refractivity contribution is -0.139. The second-order valence-corrected chi connectivity index (χ2v) is 4.39. The Morgan fingerprint density at radius 1 is 1.45 bits per heavy atom. The Morgan fingerprint density at radius 3 is 2.50 bits per heavy atom. The van der Waals surface area contributed by atoms with Crippen LogP contribution < -0.4 is 16.2 Å². The molecular weight excluding hydrogens is 275 g/mol. The third-order valence-electron chi connectivity index (χ3n) is 2.35. The standard InChI is InChI=1S/C12H12F3N3O2/c1-11(18,5-16)6-20-9-3-2-7(10(17)19)4-8(9)12(13,14)15/h2-4H,6,18H2,1H3,(H2,17,19). The molecule has 0 radical (unpaired) electrons. The molecule has 0 fully saturated rings. The van der Waals surface area contributed by atoms with E-state index in [2.05, 4.69) is 0 Å². The summed E-state index contributed by atoms with van der Waals surface area (Å²) in [6.07, 6.45) is -4.72. The number of carbonyl (C=O) groups excluding carboxylic acids is 1. The number of ether oxygens (including phenoxy) is 1. The van der Waals surface area contributed by atoms with Crippen molar-refractivity contribution in [3.8, 4) is 11.8 Å². The van der Waals surface area contributed by atoms with E-state index in [0.29, 0.717) is 6.07 Å². The van der Waals surface area contributed by atoms with Crippen LogP contribution in [0.1, 0.15) is 22.8 Å². The minimum Gasteiger partial charge on any atom is -0.490 e. The predicted molar refractivity (Wildman–Crippen MR) is 63.7 cm³/mol. The normalized spacial score (nSPS) is 14.2. The number of alkyl halides is 3. The van der Waals surface area contributed by atoms with E-state index in [-0.39, 0.29) is 5.56 Å². The molecule has 1 amide bonds. The maximum atomic E-state index is 12.9. The highest BCUT2D eigenvalue weighted by Crippen LogP contribution is 2.37. The second-order valence-electron chi connectivity index (χ2n) is 4.39. The van der Waals surface area contributed by atoms with E-state index in [1.165, 1.54) is 6.92 Å². The van der Waals surface area contributed by atoms with Crippen molar-refractivity contribution in [1.29, 1.82) is 5.26 Å². The molecule has 4 N–H and O–H groups in total. The zero-order chi connectivity index (χ0) is 15.6. The topological polar surface area (TPSA) is 102 Å². The molecule has 5 nitrogen and oxygen atoms in total. The van der Waals surface area contributed by atoms with Crippen LogP contribution in [-0.2, 0) is 6.18 Å². The first-order chi connectivity index (χ1) is 9.07. The van der Waals surface area contributed by atoms with Crippen LogP contribution in [0.5, 0.6) is 5.75 Å². The lowest BCUT2D eigenvalue weighted by Crippen LogP contribution is -2.40. The molecule has 1 aromatic carbocycles. The highest BCUT2D eigenvalue weighted by molar-refractivity contribution is 5.93. The number of halogens is 3. The number of nitriles is 1. The Bertz CT molecular complexity index is 562. The monoisotopic (exact) mass is 287 g/mol. The van der Waals surface area contributed by atoms with Gasteiger partial charge in [0.05, 0.1) is 11.6 Å². The molecule has 1 atom stereocenters. The van der Waals surface area contributed by atoms with Gasteiger partial charge in [-0.1, -0.05) is 0 Å².